The number of likely N-dealkylation sites (tertiary alicyclic amines) is 1. The summed E-state index contributed by atoms with van der Waals surface area (Å²) < 4.78 is 6.15. The van der Waals surface area contributed by atoms with Crippen molar-refractivity contribution < 1.29 is 9.53 Å². The van der Waals surface area contributed by atoms with Crippen molar-refractivity contribution in [1.29, 1.82) is 0 Å². The number of rotatable bonds is 4. The monoisotopic (exact) mass is 408 g/mol. The van der Waals surface area contributed by atoms with Crippen LogP contribution in [-0.2, 0) is 4.79 Å². The van der Waals surface area contributed by atoms with Crippen molar-refractivity contribution in [3.05, 3.63) is 59.8 Å². The minimum absolute atomic E-state index is 0.0408. The molecule has 2 heterocycles. The smallest absolute Gasteiger partial charge is 0.225 e. The molecule has 29 heavy (non-hydrogen) atoms. The maximum atomic E-state index is 12.1. The van der Waals surface area contributed by atoms with Crippen LogP contribution in [0.1, 0.15) is 26.7 Å². The number of benzene rings is 2. The molecular weight excluding hydrogens is 384 g/mol. The van der Waals surface area contributed by atoms with Crippen LogP contribution in [0.25, 0.3) is 22.0 Å². The van der Waals surface area contributed by atoms with E-state index >= 15 is 0 Å². The van der Waals surface area contributed by atoms with E-state index in [-0.39, 0.29) is 17.9 Å². The summed E-state index contributed by atoms with van der Waals surface area (Å²) in [4.78, 5) is 18.6. The highest BCUT2D eigenvalue weighted by Crippen LogP contribution is 2.33. The zero-order chi connectivity index (χ0) is 20.4. The number of carbonyl (C=O) groups is 1. The van der Waals surface area contributed by atoms with Gasteiger partial charge in [0.05, 0.1) is 10.5 Å². The summed E-state index contributed by atoms with van der Waals surface area (Å²) in [7, 11) is 0. The maximum Gasteiger partial charge on any atom is 0.225 e. The lowest BCUT2D eigenvalue weighted by atomic mass is 10.0. The van der Waals surface area contributed by atoms with Crippen molar-refractivity contribution in [3.8, 4) is 16.9 Å². The second-order valence-corrected chi connectivity index (χ2v) is 8.27. The first-order chi connectivity index (χ1) is 14.0. The second kappa shape index (κ2) is 8.42. The predicted octanol–water partition coefficient (Wildman–Crippen LogP) is 5.58. The number of pyridine rings is 1. The van der Waals surface area contributed by atoms with Gasteiger partial charge in [-0.2, -0.15) is 0 Å². The van der Waals surface area contributed by atoms with Crippen LogP contribution in [0.3, 0.4) is 0 Å². The fourth-order valence-corrected chi connectivity index (χ4v) is 3.97. The topological polar surface area (TPSA) is 42.4 Å². The molecule has 1 aliphatic rings. The van der Waals surface area contributed by atoms with E-state index in [1.165, 1.54) is 0 Å². The Kier molecular flexibility index (Phi) is 5.72. The highest BCUT2D eigenvalue weighted by Gasteiger charge is 2.25. The molecule has 0 saturated carbocycles. The largest absolute Gasteiger partial charge is 0.489 e. The van der Waals surface area contributed by atoms with Crippen LogP contribution in [0, 0.1) is 5.92 Å². The Morgan fingerprint density at radius 2 is 1.86 bits per heavy atom. The SMILES string of the molecule is CC(C)C(=O)N1CCC(Oc2ccc(-c3cnc4ccccc4c3)cc2Cl)CC1. The fourth-order valence-electron chi connectivity index (χ4n) is 3.74. The highest BCUT2D eigenvalue weighted by atomic mass is 35.5. The first kappa shape index (κ1) is 19.7. The Morgan fingerprint density at radius 3 is 2.59 bits per heavy atom. The molecule has 2 aromatic carbocycles. The molecule has 0 bridgehead atoms. The third-order valence-corrected chi connectivity index (χ3v) is 5.69. The van der Waals surface area contributed by atoms with Gasteiger partial charge in [0.15, 0.2) is 0 Å². The lowest BCUT2D eigenvalue weighted by Crippen LogP contribution is -2.43. The first-order valence-electron chi connectivity index (χ1n) is 10.1. The van der Waals surface area contributed by atoms with E-state index in [2.05, 4.69) is 17.1 Å². The van der Waals surface area contributed by atoms with Crippen molar-refractivity contribution in [2.45, 2.75) is 32.8 Å². The molecule has 1 aromatic heterocycles. The van der Waals surface area contributed by atoms with Crippen molar-refractivity contribution in [3.63, 3.8) is 0 Å². The molecule has 1 aliphatic heterocycles. The van der Waals surface area contributed by atoms with Crippen molar-refractivity contribution in [2.75, 3.05) is 13.1 Å². The maximum absolute atomic E-state index is 12.1. The Morgan fingerprint density at radius 1 is 1.10 bits per heavy atom. The highest BCUT2D eigenvalue weighted by molar-refractivity contribution is 6.32. The van der Waals surface area contributed by atoms with Gasteiger partial charge in [-0.15, -0.1) is 0 Å². The van der Waals surface area contributed by atoms with E-state index < -0.39 is 0 Å². The molecule has 4 rings (SSSR count). The summed E-state index contributed by atoms with van der Waals surface area (Å²) in [6.07, 6.45) is 3.60. The van der Waals surface area contributed by atoms with Crippen LogP contribution in [0.15, 0.2) is 54.7 Å². The number of nitrogens with zero attached hydrogens (tertiary/aromatic N) is 2. The number of piperidine rings is 1. The van der Waals surface area contributed by atoms with Gasteiger partial charge in [0, 0.05) is 49.0 Å². The van der Waals surface area contributed by atoms with Gasteiger partial charge in [-0.3, -0.25) is 9.78 Å². The Balaban J connectivity index is 1.44. The summed E-state index contributed by atoms with van der Waals surface area (Å²) in [5.41, 5.74) is 3.01. The van der Waals surface area contributed by atoms with Gasteiger partial charge in [0.25, 0.3) is 0 Å². The molecule has 1 fully saturated rings. The zero-order valence-corrected chi connectivity index (χ0v) is 17.5. The number of ether oxygens (including phenoxy) is 1. The minimum atomic E-state index is 0.0408. The van der Waals surface area contributed by atoms with Gasteiger partial charge in [-0.25, -0.2) is 0 Å². The fraction of sp³-hybridized carbons (Fsp3) is 0.333. The first-order valence-corrected chi connectivity index (χ1v) is 10.5. The molecule has 1 saturated heterocycles. The number of fused-ring (bicyclic) bond motifs is 1. The summed E-state index contributed by atoms with van der Waals surface area (Å²) in [5.74, 6) is 0.951. The second-order valence-electron chi connectivity index (χ2n) is 7.86. The van der Waals surface area contributed by atoms with Gasteiger partial charge in [-0.1, -0.05) is 49.7 Å². The van der Waals surface area contributed by atoms with Gasteiger partial charge < -0.3 is 9.64 Å². The number of aromatic nitrogens is 1. The molecule has 5 heteroatoms. The van der Waals surface area contributed by atoms with Crippen LogP contribution in [-0.4, -0.2) is 35.0 Å². The standard InChI is InChI=1S/C24H25ClN2O2/c1-16(2)24(28)27-11-9-20(10-12-27)29-23-8-7-17(14-21(23)25)19-13-18-5-3-4-6-22(18)26-15-19/h3-8,13-16,20H,9-12H2,1-2H3. The van der Waals surface area contributed by atoms with Crippen LogP contribution < -0.4 is 4.74 Å². The number of amides is 1. The summed E-state index contributed by atoms with van der Waals surface area (Å²) >= 11 is 6.53. The van der Waals surface area contributed by atoms with Crippen LogP contribution >= 0.6 is 11.6 Å². The number of para-hydroxylation sites is 1. The van der Waals surface area contributed by atoms with Crippen LogP contribution in [0.5, 0.6) is 5.75 Å². The average molecular weight is 409 g/mol. The normalized spacial score (nSPS) is 15.1. The average Bonchev–Trinajstić information content (AvgIpc) is 2.74. The molecule has 0 spiro atoms. The minimum Gasteiger partial charge on any atom is -0.489 e. The molecule has 0 radical (unpaired) electrons. The van der Waals surface area contributed by atoms with E-state index in [0.717, 1.165) is 48.0 Å². The molecule has 0 atom stereocenters. The predicted molar refractivity (Wildman–Crippen MR) is 117 cm³/mol. The number of hydrogen-bond donors (Lipinski definition) is 0. The number of carbonyl (C=O) groups excluding carboxylic acids is 1. The van der Waals surface area contributed by atoms with Gasteiger partial charge >= 0.3 is 0 Å². The Bertz CT molecular complexity index is 1030. The molecule has 0 N–H and O–H groups in total. The van der Waals surface area contributed by atoms with Crippen molar-refractivity contribution >= 4 is 28.4 Å². The molecule has 0 unspecified atom stereocenters. The zero-order valence-electron chi connectivity index (χ0n) is 16.8. The van der Waals surface area contributed by atoms with E-state index in [1.54, 1.807) is 0 Å². The lowest BCUT2D eigenvalue weighted by molar-refractivity contribution is -0.136. The van der Waals surface area contributed by atoms with E-state index in [4.69, 9.17) is 16.3 Å². The van der Waals surface area contributed by atoms with Gasteiger partial charge in [0.2, 0.25) is 5.91 Å². The van der Waals surface area contributed by atoms with Crippen LogP contribution in [0.4, 0.5) is 0 Å². The summed E-state index contributed by atoms with van der Waals surface area (Å²) in [6.45, 7) is 5.36. The van der Waals surface area contributed by atoms with Crippen LogP contribution in [0.2, 0.25) is 5.02 Å². The molecule has 1 amide bonds. The summed E-state index contributed by atoms with van der Waals surface area (Å²) in [6, 6.07) is 16.1. The quantitative estimate of drug-likeness (QED) is 0.565. The third-order valence-electron chi connectivity index (χ3n) is 5.40. The third kappa shape index (κ3) is 4.38. The molecule has 4 nitrogen and oxygen atoms in total. The molecular formula is C24H25ClN2O2. The molecule has 150 valence electrons. The van der Waals surface area contributed by atoms with Gasteiger partial charge in [0.1, 0.15) is 11.9 Å². The van der Waals surface area contributed by atoms with Crippen molar-refractivity contribution in [2.24, 2.45) is 5.92 Å². The number of halogens is 1. The Labute approximate surface area is 176 Å². The van der Waals surface area contributed by atoms with Gasteiger partial charge in [-0.05, 0) is 29.8 Å². The van der Waals surface area contributed by atoms with E-state index in [1.807, 2.05) is 61.3 Å². The van der Waals surface area contributed by atoms with Crippen molar-refractivity contribution in [1.82, 2.24) is 9.88 Å². The molecule has 0 aliphatic carbocycles. The van der Waals surface area contributed by atoms with E-state index in [0.29, 0.717) is 10.8 Å². The summed E-state index contributed by atoms with van der Waals surface area (Å²) in [5, 5.41) is 1.69. The molecule has 3 aromatic rings. The Hall–Kier alpha value is -2.59. The lowest BCUT2D eigenvalue weighted by Gasteiger charge is -2.33. The van der Waals surface area contributed by atoms with E-state index in [9.17, 15) is 4.79 Å². The number of hydrogen-bond acceptors (Lipinski definition) is 3.